The van der Waals surface area contributed by atoms with E-state index in [-0.39, 0.29) is 27.1 Å². The fraction of sp³-hybridized carbons (Fsp3) is 0. The predicted octanol–water partition coefficient (Wildman–Crippen LogP) is 5.19. The van der Waals surface area contributed by atoms with Crippen molar-refractivity contribution in [3.05, 3.63) is 110 Å². The molecule has 0 bridgehead atoms. The molecular formula is C25H17ClN4O5S. The van der Waals surface area contributed by atoms with E-state index in [4.69, 9.17) is 11.6 Å². The van der Waals surface area contributed by atoms with Gasteiger partial charge in [0.05, 0.1) is 9.95 Å². The normalized spacial score (nSPS) is 10.8. The van der Waals surface area contributed by atoms with Gasteiger partial charge < -0.3 is 5.32 Å². The van der Waals surface area contributed by atoms with E-state index in [1.165, 1.54) is 36.4 Å². The zero-order valence-corrected chi connectivity index (χ0v) is 19.9. The molecule has 3 aromatic carbocycles. The molecule has 1 heterocycles. The molecule has 1 aromatic heterocycles. The van der Waals surface area contributed by atoms with Gasteiger partial charge >= 0.3 is 0 Å². The molecule has 0 radical (unpaired) electrons. The number of hydrogen-bond donors (Lipinski definition) is 3. The Morgan fingerprint density at radius 1 is 0.917 bits per heavy atom. The highest BCUT2D eigenvalue weighted by atomic mass is 35.5. The minimum Gasteiger partial charge on any atom is -0.323 e. The third-order valence-corrected chi connectivity index (χ3v) is 6.62. The molecule has 0 spiro atoms. The highest BCUT2D eigenvalue weighted by Crippen LogP contribution is 2.37. The van der Waals surface area contributed by atoms with Crippen LogP contribution in [0.3, 0.4) is 0 Å². The molecule has 3 N–H and O–H groups in total. The van der Waals surface area contributed by atoms with E-state index in [0.717, 1.165) is 16.9 Å². The number of nitrogens with one attached hydrogen (secondary N) is 3. The maximum atomic E-state index is 12.5. The van der Waals surface area contributed by atoms with Gasteiger partial charge in [0, 0.05) is 39.5 Å². The van der Waals surface area contributed by atoms with Crippen LogP contribution < -0.4 is 16.2 Å². The topological polar surface area (TPSA) is 130 Å². The van der Waals surface area contributed by atoms with Crippen LogP contribution in [-0.2, 0) is 4.79 Å². The number of carbonyl (C=O) groups excluding carboxylic acids is 3. The van der Waals surface area contributed by atoms with Crippen molar-refractivity contribution in [1.82, 2.24) is 10.9 Å². The number of amides is 3. The van der Waals surface area contributed by atoms with Crippen LogP contribution in [0.25, 0.3) is 16.2 Å². The number of thiophene rings is 1. The van der Waals surface area contributed by atoms with Crippen molar-refractivity contribution in [1.29, 1.82) is 0 Å². The Balaban J connectivity index is 1.34. The molecule has 36 heavy (non-hydrogen) atoms. The van der Waals surface area contributed by atoms with Gasteiger partial charge in [-0.15, -0.1) is 11.3 Å². The monoisotopic (exact) mass is 520 g/mol. The third kappa shape index (κ3) is 5.74. The second kappa shape index (κ2) is 10.8. The molecule has 11 heteroatoms. The number of hydrazine groups is 1. The van der Waals surface area contributed by atoms with Crippen LogP contribution in [0.2, 0.25) is 5.02 Å². The fourth-order valence-electron chi connectivity index (χ4n) is 3.18. The zero-order valence-electron chi connectivity index (χ0n) is 18.4. The molecule has 180 valence electrons. The summed E-state index contributed by atoms with van der Waals surface area (Å²) < 4.78 is 0.474. The Kier molecular flexibility index (Phi) is 7.38. The van der Waals surface area contributed by atoms with Gasteiger partial charge in [-0.2, -0.15) is 0 Å². The van der Waals surface area contributed by atoms with Crippen molar-refractivity contribution in [2.24, 2.45) is 0 Å². The van der Waals surface area contributed by atoms with Crippen LogP contribution in [0.5, 0.6) is 0 Å². The van der Waals surface area contributed by atoms with Gasteiger partial charge in [0.15, 0.2) is 0 Å². The lowest BCUT2D eigenvalue weighted by Crippen LogP contribution is -2.41. The van der Waals surface area contributed by atoms with E-state index in [2.05, 4.69) is 16.2 Å². The van der Waals surface area contributed by atoms with Crippen molar-refractivity contribution < 1.29 is 19.3 Å². The minimum atomic E-state index is -0.661. The first-order valence-corrected chi connectivity index (χ1v) is 11.6. The second-order valence-electron chi connectivity index (χ2n) is 7.40. The Hall–Kier alpha value is -4.54. The first-order chi connectivity index (χ1) is 17.3. The number of fused-ring (bicyclic) bond motifs is 1. The molecule has 3 amide bonds. The Bertz CT molecular complexity index is 1500. The number of rotatable bonds is 6. The number of nitro benzene ring substituents is 1. The van der Waals surface area contributed by atoms with Crippen LogP contribution in [0.4, 0.5) is 11.4 Å². The van der Waals surface area contributed by atoms with Crippen molar-refractivity contribution in [2.45, 2.75) is 0 Å². The fourth-order valence-corrected chi connectivity index (χ4v) is 4.63. The number of nitrogens with zero attached hydrogens (tertiary/aromatic N) is 1. The molecule has 0 aliphatic carbocycles. The summed E-state index contributed by atoms with van der Waals surface area (Å²) in [5.41, 5.74) is 6.09. The van der Waals surface area contributed by atoms with Gasteiger partial charge in [0.2, 0.25) is 5.91 Å². The quantitative estimate of drug-likeness (QED) is 0.183. The standard InChI is InChI=1S/C25H17ClN4O5S/c26-22-19-12-11-18(30(34)35)14-20(19)36-23(22)25(33)29-28-24(32)16-7-9-17(10-8-16)27-21(31)13-6-15-4-2-1-3-5-15/h1-14H,(H,27,31)(H,28,32)(H,29,33)/b13-6+. The highest BCUT2D eigenvalue weighted by molar-refractivity contribution is 7.21. The minimum absolute atomic E-state index is 0.106. The van der Waals surface area contributed by atoms with Crippen molar-refractivity contribution in [3.8, 4) is 0 Å². The first kappa shape index (κ1) is 24.6. The molecule has 0 atom stereocenters. The maximum Gasteiger partial charge on any atom is 0.281 e. The molecule has 4 aromatic rings. The largest absolute Gasteiger partial charge is 0.323 e. The molecule has 0 saturated carbocycles. The molecular weight excluding hydrogens is 504 g/mol. The SMILES string of the molecule is O=C(/C=C/c1ccccc1)Nc1ccc(C(=O)NNC(=O)c2sc3cc([N+](=O)[O-])ccc3c2Cl)cc1. The van der Waals surface area contributed by atoms with Gasteiger partial charge in [-0.25, -0.2) is 0 Å². The molecule has 0 unspecified atom stereocenters. The average Bonchev–Trinajstić information content (AvgIpc) is 3.22. The van der Waals surface area contributed by atoms with E-state index in [1.54, 1.807) is 18.2 Å². The predicted molar refractivity (Wildman–Crippen MR) is 139 cm³/mol. The van der Waals surface area contributed by atoms with Gasteiger partial charge in [0.1, 0.15) is 4.88 Å². The summed E-state index contributed by atoms with van der Waals surface area (Å²) in [5, 5.41) is 14.3. The summed E-state index contributed by atoms with van der Waals surface area (Å²) >= 11 is 7.24. The lowest BCUT2D eigenvalue weighted by molar-refractivity contribution is -0.384. The van der Waals surface area contributed by atoms with Crippen LogP contribution in [-0.4, -0.2) is 22.6 Å². The number of nitro groups is 1. The summed E-state index contributed by atoms with van der Waals surface area (Å²) in [5.74, 6) is -1.57. The molecule has 0 aliphatic rings. The average molecular weight is 521 g/mol. The molecule has 0 aliphatic heterocycles. The number of anilines is 1. The number of halogens is 1. The van der Waals surface area contributed by atoms with E-state index >= 15 is 0 Å². The summed E-state index contributed by atoms with van der Waals surface area (Å²) in [6.45, 7) is 0. The Labute approximate surface area is 213 Å². The van der Waals surface area contributed by atoms with Gasteiger partial charge in [-0.05, 0) is 42.0 Å². The lowest BCUT2D eigenvalue weighted by atomic mass is 10.2. The van der Waals surface area contributed by atoms with E-state index in [1.807, 2.05) is 30.3 Å². The maximum absolute atomic E-state index is 12.5. The zero-order chi connectivity index (χ0) is 25.7. The van der Waals surface area contributed by atoms with E-state index in [9.17, 15) is 24.5 Å². The summed E-state index contributed by atoms with van der Waals surface area (Å²) in [7, 11) is 0. The van der Waals surface area contributed by atoms with Gasteiger partial charge in [-0.1, -0.05) is 41.9 Å². The van der Waals surface area contributed by atoms with Crippen LogP contribution in [0.15, 0.2) is 78.9 Å². The Morgan fingerprint density at radius 3 is 2.31 bits per heavy atom. The number of hydrogen-bond acceptors (Lipinski definition) is 6. The molecule has 4 rings (SSSR count). The van der Waals surface area contributed by atoms with Crippen LogP contribution in [0, 0.1) is 10.1 Å². The summed E-state index contributed by atoms with van der Waals surface area (Å²) in [6.07, 6.45) is 3.09. The lowest BCUT2D eigenvalue weighted by Gasteiger charge is -2.08. The van der Waals surface area contributed by atoms with Crippen molar-refractivity contribution in [2.75, 3.05) is 5.32 Å². The van der Waals surface area contributed by atoms with E-state index in [0.29, 0.717) is 15.8 Å². The Morgan fingerprint density at radius 2 is 1.61 bits per heavy atom. The van der Waals surface area contributed by atoms with Crippen molar-refractivity contribution >= 4 is 68.2 Å². The van der Waals surface area contributed by atoms with Crippen LogP contribution in [0.1, 0.15) is 25.6 Å². The van der Waals surface area contributed by atoms with Gasteiger partial charge in [-0.3, -0.25) is 35.3 Å². The summed E-state index contributed by atoms with van der Waals surface area (Å²) in [6, 6.07) is 19.6. The van der Waals surface area contributed by atoms with E-state index < -0.39 is 16.7 Å². The number of benzene rings is 3. The first-order valence-electron chi connectivity index (χ1n) is 10.4. The third-order valence-electron chi connectivity index (χ3n) is 4.96. The molecule has 0 saturated heterocycles. The summed E-state index contributed by atoms with van der Waals surface area (Å²) in [4.78, 5) is 47.6. The molecule has 0 fully saturated rings. The van der Waals surface area contributed by atoms with Gasteiger partial charge in [0.25, 0.3) is 17.5 Å². The number of carbonyl (C=O) groups is 3. The van der Waals surface area contributed by atoms with Crippen LogP contribution >= 0.6 is 22.9 Å². The number of non-ortho nitro benzene ring substituents is 1. The molecule has 9 nitrogen and oxygen atoms in total. The second-order valence-corrected chi connectivity index (χ2v) is 8.83. The van der Waals surface area contributed by atoms with Crippen molar-refractivity contribution in [3.63, 3.8) is 0 Å². The smallest absolute Gasteiger partial charge is 0.281 e. The highest BCUT2D eigenvalue weighted by Gasteiger charge is 2.20.